The molecule has 45 heavy (non-hydrogen) atoms. The van der Waals surface area contributed by atoms with Crippen LogP contribution in [0.2, 0.25) is 0 Å². The standard InChI is InChI=1S/C40H61NO3S/c1-12-19-35(3,4)21-23-38(9,28-45(44)31-16-14-13-15-17-31)24-22-36(5,6)40(11)20-18-32-37(7,8)34(43)30(27-41)26-39(32,10)33(40)25-29(2)42/h13-17,26,32-33H,12,18-25,28H2,1-11H3/t32-,33+,38-,39-,40+,45?/m0/s1. The SMILES string of the molecule is CCCC(C)(C)CC[C@@](C)(CCC(C)(C)[C@]1(C)CC[C@H]2C(C)(C)C(=O)C(C#N)=C[C@]2(C)[C@H]1CC(C)=O)C[S+]([O-])c1ccccc1. The van der Waals surface area contributed by atoms with E-state index in [9.17, 15) is 19.4 Å². The summed E-state index contributed by atoms with van der Waals surface area (Å²) < 4.78 is 13.7. The summed E-state index contributed by atoms with van der Waals surface area (Å²) in [7, 11) is 0. The molecule has 0 N–H and O–H groups in total. The fourth-order valence-corrected chi connectivity index (χ4v) is 10.8. The summed E-state index contributed by atoms with van der Waals surface area (Å²) in [5.74, 6) is 0.798. The Morgan fingerprint density at radius 3 is 2.16 bits per heavy atom. The number of nitrogens with zero attached hydrogens (tertiary/aromatic N) is 1. The van der Waals surface area contributed by atoms with Gasteiger partial charge in [0.05, 0.1) is 5.57 Å². The predicted molar refractivity (Wildman–Crippen MR) is 187 cm³/mol. The van der Waals surface area contributed by atoms with Crippen molar-refractivity contribution in [3.63, 3.8) is 0 Å². The van der Waals surface area contributed by atoms with Crippen molar-refractivity contribution in [1.82, 2.24) is 0 Å². The van der Waals surface area contributed by atoms with E-state index in [4.69, 9.17) is 0 Å². The number of ketones is 2. The van der Waals surface area contributed by atoms with Crippen LogP contribution in [0.3, 0.4) is 0 Å². The van der Waals surface area contributed by atoms with Gasteiger partial charge in [0.1, 0.15) is 17.6 Å². The van der Waals surface area contributed by atoms with Crippen LogP contribution in [0.5, 0.6) is 0 Å². The van der Waals surface area contributed by atoms with Gasteiger partial charge in [-0.1, -0.05) is 99.9 Å². The van der Waals surface area contributed by atoms with Gasteiger partial charge >= 0.3 is 0 Å². The highest BCUT2D eigenvalue weighted by molar-refractivity contribution is 7.91. The molecule has 1 aromatic rings. The maximum absolute atomic E-state index is 13.7. The number of hydrogen-bond acceptors (Lipinski definition) is 4. The Labute approximate surface area is 278 Å². The maximum atomic E-state index is 13.7. The average molecular weight is 636 g/mol. The van der Waals surface area contributed by atoms with Gasteiger partial charge in [-0.25, -0.2) is 0 Å². The largest absolute Gasteiger partial charge is 0.611 e. The zero-order valence-electron chi connectivity index (χ0n) is 30.3. The molecular weight excluding hydrogens is 575 g/mol. The van der Waals surface area contributed by atoms with E-state index in [1.54, 1.807) is 6.92 Å². The zero-order chi connectivity index (χ0) is 34.1. The molecule has 1 saturated carbocycles. The van der Waals surface area contributed by atoms with Gasteiger partial charge in [-0.2, -0.15) is 5.26 Å². The summed E-state index contributed by atoms with van der Waals surface area (Å²) in [5, 5.41) is 9.99. The van der Waals surface area contributed by atoms with Crippen molar-refractivity contribution in [1.29, 1.82) is 5.26 Å². The van der Waals surface area contributed by atoms with Crippen molar-refractivity contribution in [2.45, 2.75) is 139 Å². The molecule has 5 heteroatoms. The second-order valence-electron chi connectivity index (χ2n) is 17.5. The molecule has 1 unspecified atom stereocenters. The first-order chi connectivity index (χ1) is 20.7. The van der Waals surface area contributed by atoms with Crippen LogP contribution in [0, 0.1) is 55.7 Å². The molecule has 0 spiro atoms. The second kappa shape index (κ2) is 13.7. The molecule has 3 rings (SSSR count). The van der Waals surface area contributed by atoms with Gasteiger partial charge < -0.3 is 9.35 Å². The minimum absolute atomic E-state index is 0.000157. The van der Waals surface area contributed by atoms with Crippen LogP contribution >= 0.6 is 0 Å². The zero-order valence-corrected chi connectivity index (χ0v) is 31.1. The van der Waals surface area contributed by atoms with Gasteiger partial charge in [0.15, 0.2) is 10.7 Å². The third kappa shape index (κ3) is 7.81. The van der Waals surface area contributed by atoms with Crippen LogP contribution in [-0.4, -0.2) is 21.9 Å². The molecule has 0 aromatic heterocycles. The molecule has 250 valence electrons. The number of rotatable bonds is 14. The van der Waals surface area contributed by atoms with E-state index in [-0.39, 0.29) is 50.6 Å². The number of nitriles is 1. The van der Waals surface area contributed by atoms with Crippen LogP contribution in [-0.2, 0) is 20.8 Å². The van der Waals surface area contributed by atoms with Gasteiger partial charge in [-0.05, 0) is 109 Å². The molecule has 0 aliphatic heterocycles. The van der Waals surface area contributed by atoms with Crippen LogP contribution in [0.4, 0.5) is 0 Å². The van der Waals surface area contributed by atoms with E-state index >= 15 is 0 Å². The molecular formula is C40H61NO3S. The maximum Gasteiger partial charge on any atom is 0.178 e. The molecule has 2 aliphatic carbocycles. The first-order valence-corrected chi connectivity index (χ1v) is 18.6. The number of carbonyl (C=O) groups is 2. The Kier molecular flexibility index (Phi) is 11.4. The van der Waals surface area contributed by atoms with Crippen LogP contribution in [0.25, 0.3) is 0 Å². The van der Waals surface area contributed by atoms with E-state index in [1.165, 1.54) is 6.42 Å². The number of benzene rings is 1. The minimum Gasteiger partial charge on any atom is -0.611 e. The molecule has 0 bridgehead atoms. The average Bonchev–Trinajstić information content (AvgIpc) is 2.95. The topological polar surface area (TPSA) is 81.0 Å². The number of Topliss-reactive ketones (excluding diaryl/α,β-unsaturated/α-hetero) is 2. The van der Waals surface area contributed by atoms with E-state index in [0.29, 0.717) is 12.2 Å². The quantitative estimate of drug-likeness (QED) is 0.191. The lowest BCUT2D eigenvalue weighted by Gasteiger charge is -2.64. The lowest BCUT2D eigenvalue weighted by Crippen LogP contribution is -2.60. The Bertz CT molecular complexity index is 1290. The summed E-state index contributed by atoms with van der Waals surface area (Å²) in [6, 6.07) is 12.1. The van der Waals surface area contributed by atoms with Crippen molar-refractivity contribution in [2.24, 2.45) is 44.3 Å². The molecule has 1 aromatic carbocycles. The van der Waals surface area contributed by atoms with Crippen LogP contribution in [0.15, 0.2) is 46.9 Å². The predicted octanol–water partition coefficient (Wildman–Crippen LogP) is 10.3. The fraction of sp³-hybridized carbons (Fsp3) is 0.725. The Morgan fingerprint density at radius 2 is 1.60 bits per heavy atom. The Morgan fingerprint density at radius 1 is 1.00 bits per heavy atom. The molecule has 4 nitrogen and oxygen atoms in total. The van der Waals surface area contributed by atoms with Gasteiger partial charge in [0.25, 0.3) is 0 Å². The molecule has 0 amide bonds. The third-order valence-electron chi connectivity index (χ3n) is 12.7. The summed E-state index contributed by atoms with van der Waals surface area (Å²) in [6.45, 7) is 24.3. The summed E-state index contributed by atoms with van der Waals surface area (Å²) in [6.07, 6.45) is 10.6. The summed E-state index contributed by atoms with van der Waals surface area (Å²) >= 11 is -1.09. The number of carbonyl (C=O) groups excluding carboxylic acids is 2. The monoisotopic (exact) mass is 635 g/mol. The first kappa shape index (κ1) is 37.6. The molecule has 0 radical (unpaired) electrons. The van der Waals surface area contributed by atoms with E-state index in [0.717, 1.165) is 49.8 Å². The summed E-state index contributed by atoms with van der Waals surface area (Å²) in [5.41, 5.74) is -1.05. The van der Waals surface area contributed by atoms with Crippen molar-refractivity contribution >= 4 is 22.7 Å². The lowest BCUT2D eigenvalue weighted by molar-refractivity contribution is -0.155. The van der Waals surface area contributed by atoms with Gasteiger partial charge in [0.2, 0.25) is 0 Å². The molecule has 2 aliphatic rings. The molecule has 0 heterocycles. The smallest absolute Gasteiger partial charge is 0.178 e. The van der Waals surface area contributed by atoms with Crippen molar-refractivity contribution in [2.75, 3.05) is 5.75 Å². The summed E-state index contributed by atoms with van der Waals surface area (Å²) in [4.78, 5) is 27.2. The van der Waals surface area contributed by atoms with Crippen LogP contribution in [0.1, 0.15) is 134 Å². The molecule has 0 saturated heterocycles. The van der Waals surface area contributed by atoms with Crippen molar-refractivity contribution in [3.8, 4) is 6.07 Å². The van der Waals surface area contributed by atoms with Crippen molar-refractivity contribution in [3.05, 3.63) is 42.0 Å². The van der Waals surface area contributed by atoms with E-state index in [1.807, 2.05) is 50.3 Å². The highest BCUT2D eigenvalue weighted by Gasteiger charge is 2.63. The van der Waals surface area contributed by atoms with E-state index < -0.39 is 22.0 Å². The first-order valence-electron chi connectivity index (χ1n) is 17.3. The highest BCUT2D eigenvalue weighted by atomic mass is 32.2. The number of allylic oxidation sites excluding steroid dienone is 2. The van der Waals surface area contributed by atoms with Gasteiger partial charge in [0, 0.05) is 17.3 Å². The van der Waals surface area contributed by atoms with Crippen LogP contribution < -0.4 is 0 Å². The lowest BCUT2D eigenvalue weighted by atomic mass is 9.39. The normalized spacial score (nSPS) is 28.8. The van der Waals surface area contributed by atoms with E-state index in [2.05, 4.69) is 61.5 Å². The molecule has 1 fully saturated rings. The Balaban J connectivity index is 1.99. The number of fused-ring (bicyclic) bond motifs is 1. The van der Waals surface area contributed by atoms with Crippen molar-refractivity contribution < 1.29 is 14.1 Å². The third-order valence-corrected chi connectivity index (χ3v) is 14.5. The second-order valence-corrected chi connectivity index (χ2v) is 18.9. The number of hydrogen-bond donors (Lipinski definition) is 0. The Hall–Kier alpha value is -1.90. The highest BCUT2D eigenvalue weighted by Crippen LogP contribution is 2.68. The fourth-order valence-electron chi connectivity index (χ4n) is 9.29. The van der Waals surface area contributed by atoms with Gasteiger partial charge in [-0.15, -0.1) is 0 Å². The minimum atomic E-state index is -1.09. The van der Waals surface area contributed by atoms with Gasteiger partial charge in [-0.3, -0.25) is 4.79 Å². The molecule has 6 atom stereocenters.